The molecule has 2 aromatic rings. The lowest BCUT2D eigenvalue weighted by molar-refractivity contribution is -0.116. The summed E-state index contributed by atoms with van der Waals surface area (Å²) in [5.41, 5.74) is 1.20. The van der Waals surface area contributed by atoms with Gasteiger partial charge >= 0.3 is 0 Å². The maximum absolute atomic E-state index is 12.0. The SMILES string of the molecule is Cc1nc(C(C)(C)C)oc1CCC(=O)Nc1cccnc1Cl. The molecule has 0 bridgehead atoms. The van der Waals surface area contributed by atoms with Crippen LogP contribution in [0.3, 0.4) is 0 Å². The van der Waals surface area contributed by atoms with Crippen LogP contribution in [0.4, 0.5) is 5.69 Å². The van der Waals surface area contributed by atoms with Crippen LogP contribution in [-0.4, -0.2) is 15.9 Å². The molecule has 0 aromatic carbocycles. The highest BCUT2D eigenvalue weighted by molar-refractivity contribution is 6.32. The van der Waals surface area contributed by atoms with E-state index in [0.29, 0.717) is 24.4 Å². The van der Waals surface area contributed by atoms with Gasteiger partial charge in [0.05, 0.1) is 11.4 Å². The molecule has 0 saturated heterocycles. The third kappa shape index (κ3) is 4.07. The van der Waals surface area contributed by atoms with Crippen LogP contribution in [0.1, 0.15) is 44.5 Å². The highest BCUT2D eigenvalue weighted by Gasteiger charge is 2.22. The molecular weight excluding hydrogens is 302 g/mol. The smallest absolute Gasteiger partial charge is 0.224 e. The number of anilines is 1. The van der Waals surface area contributed by atoms with E-state index >= 15 is 0 Å². The Kier molecular flexibility index (Phi) is 4.86. The number of hydrogen-bond donors (Lipinski definition) is 1. The average Bonchev–Trinajstić information content (AvgIpc) is 2.80. The molecule has 1 amide bonds. The number of aryl methyl sites for hydroxylation is 2. The second-order valence-electron chi connectivity index (χ2n) is 6.17. The molecule has 118 valence electrons. The Balaban J connectivity index is 1.97. The largest absolute Gasteiger partial charge is 0.445 e. The minimum absolute atomic E-state index is 0.136. The lowest BCUT2D eigenvalue weighted by Gasteiger charge is -2.12. The molecule has 0 unspecified atom stereocenters. The number of amides is 1. The molecule has 0 saturated carbocycles. The van der Waals surface area contributed by atoms with Crippen molar-refractivity contribution in [3.05, 3.63) is 40.8 Å². The number of carbonyl (C=O) groups excluding carboxylic acids is 1. The maximum Gasteiger partial charge on any atom is 0.224 e. The van der Waals surface area contributed by atoms with Crippen molar-refractivity contribution >= 4 is 23.2 Å². The van der Waals surface area contributed by atoms with Gasteiger partial charge in [0.2, 0.25) is 5.91 Å². The van der Waals surface area contributed by atoms with E-state index in [1.54, 1.807) is 18.3 Å². The van der Waals surface area contributed by atoms with E-state index in [1.165, 1.54) is 0 Å². The van der Waals surface area contributed by atoms with E-state index < -0.39 is 0 Å². The number of nitrogens with zero attached hydrogens (tertiary/aromatic N) is 2. The van der Waals surface area contributed by atoms with Crippen LogP contribution >= 0.6 is 11.6 Å². The van der Waals surface area contributed by atoms with Gasteiger partial charge in [0.15, 0.2) is 11.0 Å². The molecule has 2 heterocycles. The third-order valence-corrected chi connectivity index (χ3v) is 3.45. The van der Waals surface area contributed by atoms with E-state index in [9.17, 15) is 4.79 Å². The standard InChI is InChI=1S/C16H20ClN3O2/c1-10-12(22-15(19-10)16(2,3)4)7-8-13(21)20-11-6-5-9-18-14(11)17/h5-6,9H,7-8H2,1-4H3,(H,20,21). The highest BCUT2D eigenvalue weighted by atomic mass is 35.5. The number of rotatable bonds is 4. The predicted octanol–water partition coefficient (Wildman–Crippen LogP) is 3.90. The van der Waals surface area contributed by atoms with Gasteiger partial charge in [-0.3, -0.25) is 4.79 Å². The number of pyridine rings is 1. The van der Waals surface area contributed by atoms with Gasteiger partial charge < -0.3 is 9.73 Å². The molecule has 0 aliphatic heterocycles. The first kappa shape index (κ1) is 16.5. The predicted molar refractivity (Wildman–Crippen MR) is 86.1 cm³/mol. The van der Waals surface area contributed by atoms with Crippen LogP contribution in [0, 0.1) is 6.92 Å². The third-order valence-electron chi connectivity index (χ3n) is 3.15. The van der Waals surface area contributed by atoms with Gasteiger partial charge in [-0.25, -0.2) is 9.97 Å². The summed E-state index contributed by atoms with van der Waals surface area (Å²) in [6.07, 6.45) is 2.37. The quantitative estimate of drug-likeness (QED) is 0.867. The van der Waals surface area contributed by atoms with Gasteiger partial charge in [-0.05, 0) is 19.1 Å². The van der Waals surface area contributed by atoms with E-state index in [-0.39, 0.29) is 16.5 Å². The second kappa shape index (κ2) is 6.48. The van der Waals surface area contributed by atoms with Crippen molar-refractivity contribution in [3.8, 4) is 0 Å². The number of hydrogen-bond acceptors (Lipinski definition) is 4. The highest BCUT2D eigenvalue weighted by Crippen LogP contribution is 2.24. The minimum atomic E-state index is -0.144. The van der Waals surface area contributed by atoms with Gasteiger partial charge in [-0.2, -0.15) is 0 Å². The fourth-order valence-corrected chi connectivity index (χ4v) is 2.07. The lowest BCUT2D eigenvalue weighted by atomic mass is 9.97. The van der Waals surface area contributed by atoms with Crippen molar-refractivity contribution in [2.75, 3.05) is 5.32 Å². The van der Waals surface area contributed by atoms with Gasteiger partial charge in [-0.15, -0.1) is 0 Å². The van der Waals surface area contributed by atoms with Crippen LogP contribution in [-0.2, 0) is 16.6 Å². The van der Waals surface area contributed by atoms with E-state index in [0.717, 1.165) is 11.5 Å². The Labute approximate surface area is 135 Å². The summed E-state index contributed by atoms with van der Waals surface area (Å²) in [7, 11) is 0. The Morgan fingerprint density at radius 2 is 2.14 bits per heavy atom. The maximum atomic E-state index is 12.0. The zero-order chi connectivity index (χ0) is 16.3. The fraction of sp³-hybridized carbons (Fsp3) is 0.438. The van der Waals surface area contributed by atoms with E-state index in [4.69, 9.17) is 16.0 Å². The van der Waals surface area contributed by atoms with E-state index in [2.05, 4.69) is 15.3 Å². The van der Waals surface area contributed by atoms with Crippen LogP contribution < -0.4 is 5.32 Å². The van der Waals surface area contributed by atoms with Crippen molar-refractivity contribution in [1.29, 1.82) is 0 Å². The number of nitrogens with one attached hydrogen (secondary N) is 1. The molecule has 0 spiro atoms. The number of aromatic nitrogens is 2. The Morgan fingerprint density at radius 1 is 1.41 bits per heavy atom. The molecule has 1 N–H and O–H groups in total. The topological polar surface area (TPSA) is 68.0 Å². The number of carbonyl (C=O) groups is 1. The molecule has 6 heteroatoms. The molecule has 0 aliphatic rings. The summed E-state index contributed by atoms with van der Waals surface area (Å²) in [6.45, 7) is 8.02. The Morgan fingerprint density at radius 3 is 2.73 bits per heavy atom. The Bertz CT molecular complexity index is 674. The van der Waals surface area contributed by atoms with Crippen molar-refractivity contribution in [2.45, 2.75) is 46.0 Å². The molecule has 0 aliphatic carbocycles. The molecule has 2 aromatic heterocycles. The monoisotopic (exact) mass is 321 g/mol. The molecule has 0 fully saturated rings. The summed E-state index contributed by atoms with van der Waals surface area (Å²) < 4.78 is 5.77. The molecule has 22 heavy (non-hydrogen) atoms. The fourth-order valence-electron chi connectivity index (χ4n) is 1.90. The summed E-state index contributed by atoms with van der Waals surface area (Å²) in [5, 5.41) is 3.02. The van der Waals surface area contributed by atoms with Gasteiger partial charge in [0, 0.05) is 24.5 Å². The minimum Gasteiger partial charge on any atom is -0.445 e. The zero-order valence-electron chi connectivity index (χ0n) is 13.2. The first-order chi connectivity index (χ1) is 10.3. The molecule has 0 radical (unpaired) electrons. The van der Waals surface area contributed by atoms with Gasteiger partial charge in [-0.1, -0.05) is 32.4 Å². The van der Waals surface area contributed by atoms with Crippen molar-refractivity contribution in [3.63, 3.8) is 0 Å². The summed E-state index contributed by atoms with van der Waals surface area (Å²) in [5.74, 6) is 1.30. The van der Waals surface area contributed by atoms with Gasteiger partial charge in [0.25, 0.3) is 0 Å². The van der Waals surface area contributed by atoms with Crippen molar-refractivity contribution in [2.24, 2.45) is 0 Å². The average molecular weight is 322 g/mol. The normalized spacial score (nSPS) is 11.5. The van der Waals surface area contributed by atoms with Crippen LogP contribution in [0.5, 0.6) is 0 Å². The molecular formula is C16H20ClN3O2. The van der Waals surface area contributed by atoms with Gasteiger partial charge in [0.1, 0.15) is 5.76 Å². The molecule has 0 atom stereocenters. The second-order valence-corrected chi connectivity index (χ2v) is 6.53. The molecule has 2 rings (SSSR count). The van der Waals surface area contributed by atoms with Crippen LogP contribution in [0.15, 0.2) is 22.7 Å². The van der Waals surface area contributed by atoms with Crippen molar-refractivity contribution in [1.82, 2.24) is 9.97 Å². The lowest BCUT2D eigenvalue weighted by Crippen LogP contribution is -2.13. The zero-order valence-corrected chi connectivity index (χ0v) is 14.0. The summed E-state index contributed by atoms with van der Waals surface area (Å²) in [4.78, 5) is 20.3. The first-order valence-corrected chi connectivity index (χ1v) is 7.52. The van der Waals surface area contributed by atoms with E-state index in [1.807, 2.05) is 27.7 Å². The first-order valence-electron chi connectivity index (χ1n) is 7.14. The number of oxazole rings is 1. The summed E-state index contributed by atoms with van der Waals surface area (Å²) in [6, 6.07) is 3.43. The van der Waals surface area contributed by atoms with Crippen molar-refractivity contribution < 1.29 is 9.21 Å². The van der Waals surface area contributed by atoms with Crippen LogP contribution in [0.25, 0.3) is 0 Å². The van der Waals surface area contributed by atoms with Crippen LogP contribution in [0.2, 0.25) is 5.15 Å². The Hall–Kier alpha value is -1.88. The number of halogens is 1. The molecule has 5 nitrogen and oxygen atoms in total. The summed E-state index contributed by atoms with van der Waals surface area (Å²) >= 11 is 5.91.